The van der Waals surface area contributed by atoms with E-state index in [0.717, 1.165) is 41.8 Å². The second-order valence-corrected chi connectivity index (χ2v) is 12.0. The summed E-state index contributed by atoms with van der Waals surface area (Å²) in [5.41, 5.74) is 5.82. The van der Waals surface area contributed by atoms with Crippen molar-refractivity contribution in [3.05, 3.63) is 96.4 Å². The van der Waals surface area contributed by atoms with Crippen molar-refractivity contribution < 1.29 is 18.3 Å². The third-order valence-electron chi connectivity index (χ3n) is 7.39. The van der Waals surface area contributed by atoms with Gasteiger partial charge in [0.1, 0.15) is 0 Å². The maximum absolute atomic E-state index is 13.7. The van der Waals surface area contributed by atoms with E-state index in [0.29, 0.717) is 29.0 Å². The van der Waals surface area contributed by atoms with Crippen molar-refractivity contribution in [1.29, 1.82) is 0 Å². The smallest absolute Gasteiger partial charge is 0.269 e. The molecule has 0 bridgehead atoms. The normalized spacial score (nSPS) is 16.0. The summed E-state index contributed by atoms with van der Waals surface area (Å²) in [6.45, 7) is 4.31. The molecule has 1 atom stereocenters. The molecule has 9 heteroatoms. The molecule has 0 spiro atoms. The molecule has 204 valence electrons. The molecular formula is C31H30N4O4S. The highest BCUT2D eigenvalue weighted by atomic mass is 32.2. The van der Waals surface area contributed by atoms with E-state index in [2.05, 4.69) is 39.1 Å². The molecule has 1 fully saturated rings. The van der Waals surface area contributed by atoms with Crippen molar-refractivity contribution >= 4 is 21.1 Å². The Morgan fingerprint density at radius 3 is 2.33 bits per heavy atom. The molecule has 1 unspecified atom stereocenters. The van der Waals surface area contributed by atoms with E-state index in [1.54, 1.807) is 56.0 Å². The van der Waals surface area contributed by atoms with Crippen LogP contribution in [0.3, 0.4) is 0 Å². The number of aliphatic hydroxyl groups is 1. The molecule has 1 aliphatic rings. The van der Waals surface area contributed by atoms with Crippen LogP contribution in [0.15, 0.2) is 90.2 Å². The fraction of sp³-hybridized carbons (Fsp3) is 0.226. The molecule has 6 rings (SSSR count). The fourth-order valence-corrected chi connectivity index (χ4v) is 6.48. The first kappa shape index (κ1) is 26.2. The average Bonchev–Trinajstić information content (AvgIpc) is 3.57. The molecule has 0 radical (unpaired) electrons. The van der Waals surface area contributed by atoms with Crippen molar-refractivity contribution in [2.45, 2.75) is 30.9 Å². The largest absolute Gasteiger partial charge is 0.481 e. The summed E-state index contributed by atoms with van der Waals surface area (Å²) in [6, 6.07) is 20.7. The van der Waals surface area contributed by atoms with Crippen LogP contribution in [-0.2, 0) is 16.6 Å². The zero-order valence-electron chi connectivity index (χ0n) is 22.4. The zero-order valence-corrected chi connectivity index (χ0v) is 23.2. The van der Waals surface area contributed by atoms with Crippen molar-refractivity contribution in [3.63, 3.8) is 0 Å². The third-order valence-corrected chi connectivity index (χ3v) is 9.05. The molecule has 1 N–H and O–H groups in total. The molecule has 0 amide bonds. The Morgan fingerprint density at radius 2 is 1.68 bits per heavy atom. The number of likely N-dealkylation sites (tertiary alicyclic amines) is 1. The summed E-state index contributed by atoms with van der Waals surface area (Å²) in [4.78, 5) is 11.4. The van der Waals surface area contributed by atoms with Gasteiger partial charge < -0.3 is 9.84 Å². The lowest BCUT2D eigenvalue weighted by atomic mass is 10.0. The lowest BCUT2D eigenvalue weighted by Gasteiger charge is -2.15. The first-order valence-corrected chi connectivity index (χ1v) is 14.6. The number of nitrogens with zero attached hydrogens (tertiary/aromatic N) is 4. The van der Waals surface area contributed by atoms with Gasteiger partial charge in [-0.25, -0.2) is 22.4 Å². The summed E-state index contributed by atoms with van der Waals surface area (Å²) in [5, 5.41) is 10.5. The number of aliphatic hydroxyl groups excluding tert-OH is 1. The summed E-state index contributed by atoms with van der Waals surface area (Å²) in [7, 11) is -2.34. The molecule has 0 saturated carbocycles. The van der Waals surface area contributed by atoms with E-state index in [9.17, 15) is 13.5 Å². The highest BCUT2D eigenvalue weighted by Crippen LogP contribution is 2.35. The Labute approximate surface area is 233 Å². The monoisotopic (exact) mass is 554 g/mol. The van der Waals surface area contributed by atoms with E-state index in [1.165, 1.54) is 9.54 Å². The predicted octanol–water partition coefficient (Wildman–Crippen LogP) is 4.89. The van der Waals surface area contributed by atoms with Crippen LogP contribution in [0.2, 0.25) is 0 Å². The molecule has 2 aromatic carbocycles. The van der Waals surface area contributed by atoms with Gasteiger partial charge in [0.25, 0.3) is 10.0 Å². The number of aryl methyl sites for hydroxylation is 1. The van der Waals surface area contributed by atoms with Crippen molar-refractivity contribution in [1.82, 2.24) is 18.8 Å². The van der Waals surface area contributed by atoms with Gasteiger partial charge in [-0.15, -0.1) is 0 Å². The van der Waals surface area contributed by atoms with E-state index in [4.69, 9.17) is 4.74 Å². The number of hydrogen-bond donors (Lipinski definition) is 1. The fourth-order valence-electron chi connectivity index (χ4n) is 5.15. The number of methoxy groups -OCH3 is 1. The average molecular weight is 555 g/mol. The summed E-state index contributed by atoms with van der Waals surface area (Å²) >= 11 is 0. The van der Waals surface area contributed by atoms with Crippen LogP contribution in [-0.4, -0.2) is 58.7 Å². The summed E-state index contributed by atoms with van der Waals surface area (Å²) < 4.78 is 33.9. The topological polar surface area (TPSA) is 97.5 Å². The third kappa shape index (κ3) is 4.99. The number of hydrogen-bond acceptors (Lipinski definition) is 7. The van der Waals surface area contributed by atoms with Crippen LogP contribution >= 0.6 is 0 Å². The number of ether oxygens (including phenoxy) is 1. The van der Waals surface area contributed by atoms with Gasteiger partial charge in [0.15, 0.2) is 5.65 Å². The van der Waals surface area contributed by atoms with Crippen LogP contribution in [0.4, 0.5) is 0 Å². The number of fused-ring (bicyclic) bond motifs is 1. The SMILES string of the molecule is COc1ccc(-c2cn(S(=O)(=O)c3ccc(C)cc3)c3ncc(-c4ccc(CN5CCC(O)C5)cc4)cc23)cn1. The van der Waals surface area contributed by atoms with Gasteiger partial charge in [-0.1, -0.05) is 42.0 Å². The lowest BCUT2D eigenvalue weighted by molar-refractivity contribution is 0.175. The molecule has 0 aliphatic carbocycles. The first-order chi connectivity index (χ1) is 19.3. The molecule has 8 nitrogen and oxygen atoms in total. The first-order valence-electron chi connectivity index (χ1n) is 13.2. The molecule has 4 heterocycles. The number of aromatic nitrogens is 3. The molecule has 5 aromatic rings. The molecule has 1 saturated heterocycles. The van der Waals surface area contributed by atoms with Crippen molar-refractivity contribution in [2.24, 2.45) is 0 Å². The van der Waals surface area contributed by atoms with Gasteiger partial charge in [0, 0.05) is 66.4 Å². The second kappa shape index (κ2) is 10.5. The predicted molar refractivity (Wildman–Crippen MR) is 155 cm³/mol. The standard InChI is InChI=1S/C31H30N4O4S/c1-21-3-10-27(11-4-21)40(37,38)35-20-29(24-9-12-30(39-2)32-16-24)28-15-25(17-33-31(28)35)23-7-5-22(6-8-23)18-34-14-13-26(36)19-34/h3-12,15-17,20,26,36H,13-14,18-19H2,1-2H3. The van der Waals surface area contributed by atoms with Gasteiger partial charge >= 0.3 is 0 Å². The maximum atomic E-state index is 13.7. The van der Waals surface area contributed by atoms with E-state index in [1.807, 2.05) is 19.1 Å². The highest BCUT2D eigenvalue weighted by molar-refractivity contribution is 7.90. The van der Waals surface area contributed by atoms with Crippen molar-refractivity contribution in [3.8, 4) is 28.1 Å². The van der Waals surface area contributed by atoms with E-state index in [-0.39, 0.29) is 11.0 Å². The Balaban J connectivity index is 1.42. The number of rotatable bonds is 7. The van der Waals surface area contributed by atoms with Crippen LogP contribution < -0.4 is 4.74 Å². The van der Waals surface area contributed by atoms with Crippen LogP contribution in [0.25, 0.3) is 33.3 Å². The lowest BCUT2D eigenvalue weighted by Crippen LogP contribution is -2.21. The highest BCUT2D eigenvalue weighted by Gasteiger charge is 2.24. The zero-order chi connectivity index (χ0) is 27.9. The number of β-amino-alcohol motifs (C(OH)–C–C–N with tert-alkyl or cyclic N) is 1. The Kier molecular flexibility index (Phi) is 6.87. The Bertz CT molecular complexity index is 1760. The molecule has 3 aromatic heterocycles. The van der Waals surface area contributed by atoms with Gasteiger partial charge in [-0.3, -0.25) is 4.90 Å². The van der Waals surface area contributed by atoms with Gasteiger partial charge in [-0.2, -0.15) is 0 Å². The van der Waals surface area contributed by atoms with Gasteiger partial charge in [-0.05, 0) is 48.7 Å². The van der Waals surface area contributed by atoms with Crippen LogP contribution in [0.1, 0.15) is 17.5 Å². The Morgan fingerprint density at radius 1 is 0.950 bits per heavy atom. The van der Waals surface area contributed by atoms with Crippen LogP contribution in [0.5, 0.6) is 5.88 Å². The summed E-state index contributed by atoms with van der Waals surface area (Å²) in [6.07, 6.45) is 5.58. The molecule has 40 heavy (non-hydrogen) atoms. The number of pyridine rings is 2. The molecule has 1 aliphatic heterocycles. The second-order valence-electron chi connectivity index (χ2n) is 10.2. The number of benzene rings is 2. The maximum Gasteiger partial charge on any atom is 0.269 e. The minimum Gasteiger partial charge on any atom is -0.481 e. The van der Waals surface area contributed by atoms with E-state index >= 15 is 0 Å². The van der Waals surface area contributed by atoms with E-state index < -0.39 is 10.0 Å². The van der Waals surface area contributed by atoms with Gasteiger partial charge in [0.05, 0.1) is 18.1 Å². The quantitative estimate of drug-likeness (QED) is 0.306. The minimum atomic E-state index is -3.89. The summed E-state index contributed by atoms with van der Waals surface area (Å²) in [5.74, 6) is 0.474. The molecular weight excluding hydrogens is 524 g/mol. The van der Waals surface area contributed by atoms with Crippen molar-refractivity contribution in [2.75, 3.05) is 20.2 Å². The van der Waals surface area contributed by atoms with Gasteiger partial charge in [0.2, 0.25) is 5.88 Å². The van der Waals surface area contributed by atoms with Crippen LogP contribution in [0, 0.1) is 6.92 Å². The minimum absolute atomic E-state index is 0.196. The Hall–Kier alpha value is -4.05.